The van der Waals surface area contributed by atoms with Crippen molar-refractivity contribution in [3.05, 3.63) is 40.3 Å². The van der Waals surface area contributed by atoms with E-state index in [1.165, 1.54) is 12.5 Å². The van der Waals surface area contributed by atoms with Crippen LogP contribution < -0.4 is 5.11 Å². The summed E-state index contributed by atoms with van der Waals surface area (Å²) < 4.78 is 0.240. The van der Waals surface area contributed by atoms with Crippen molar-refractivity contribution >= 4 is 46.3 Å². The molecule has 1 fully saturated rings. The van der Waals surface area contributed by atoms with Crippen LogP contribution in [0.4, 0.5) is 0 Å². The smallest absolute Gasteiger partial charge is 0.266 e. The molecule has 0 N–H and O–H groups in total. The lowest BCUT2D eigenvalue weighted by Gasteiger charge is -2.23. The minimum atomic E-state index is -1.32. The first-order chi connectivity index (χ1) is 10.6. The standard InChI is InChI=1S/C17H19NO3S2/c1-10(15(20)21)18-14(19)13(23-16(18)22)9-11-5-7-12(8-6-11)17(2,3)4/h5-10H,1-4H3,(H,20,21)/p-1/b13-9+/t10-/m1/s1. The molecule has 0 radical (unpaired) electrons. The molecular formula is C17H18NO3S2-. The highest BCUT2D eigenvalue weighted by molar-refractivity contribution is 8.26. The number of thiocarbonyl (C=S) groups is 1. The number of carboxylic acid groups (broad SMARTS) is 1. The van der Waals surface area contributed by atoms with Crippen LogP contribution in [0.5, 0.6) is 0 Å². The van der Waals surface area contributed by atoms with Gasteiger partial charge < -0.3 is 9.90 Å². The van der Waals surface area contributed by atoms with Gasteiger partial charge in [-0.3, -0.25) is 9.69 Å². The Balaban J connectivity index is 2.26. The number of hydrogen-bond acceptors (Lipinski definition) is 5. The van der Waals surface area contributed by atoms with Gasteiger partial charge in [0.05, 0.1) is 16.9 Å². The number of hydrogen-bond donors (Lipinski definition) is 0. The summed E-state index contributed by atoms with van der Waals surface area (Å²) in [5, 5.41) is 11.0. The first kappa shape index (κ1) is 17.7. The second kappa shape index (κ2) is 6.45. The average molecular weight is 348 g/mol. The third-order valence-electron chi connectivity index (χ3n) is 3.63. The summed E-state index contributed by atoms with van der Waals surface area (Å²) in [5.41, 5.74) is 2.14. The average Bonchev–Trinajstić information content (AvgIpc) is 2.72. The van der Waals surface area contributed by atoms with Gasteiger partial charge in [-0.05, 0) is 29.5 Å². The van der Waals surface area contributed by atoms with Gasteiger partial charge in [-0.25, -0.2) is 0 Å². The van der Waals surface area contributed by atoms with Gasteiger partial charge in [-0.15, -0.1) is 0 Å². The van der Waals surface area contributed by atoms with E-state index in [0.717, 1.165) is 22.2 Å². The molecule has 1 heterocycles. The maximum atomic E-state index is 12.4. The fourth-order valence-corrected chi connectivity index (χ4v) is 3.57. The Labute approximate surface area is 145 Å². The van der Waals surface area contributed by atoms with Gasteiger partial charge in [-0.2, -0.15) is 0 Å². The number of carbonyl (C=O) groups is 2. The lowest BCUT2D eigenvalue weighted by molar-refractivity contribution is -0.309. The van der Waals surface area contributed by atoms with Gasteiger partial charge in [0.2, 0.25) is 0 Å². The predicted octanol–water partition coefficient (Wildman–Crippen LogP) is 2.32. The van der Waals surface area contributed by atoms with Crippen LogP contribution in [0.25, 0.3) is 6.08 Å². The van der Waals surface area contributed by atoms with E-state index in [1.54, 1.807) is 6.08 Å². The SMILES string of the molecule is C[C@H](C(=O)[O-])N1C(=O)/C(=C\c2ccc(C(C)(C)C)cc2)SC1=S. The number of nitrogens with zero attached hydrogens (tertiary/aromatic N) is 1. The quantitative estimate of drug-likeness (QED) is 0.620. The molecule has 6 heteroatoms. The Hall–Kier alpha value is -1.66. The molecule has 1 atom stereocenters. The Morgan fingerprint density at radius 1 is 1.30 bits per heavy atom. The number of carbonyl (C=O) groups excluding carboxylic acids is 2. The van der Waals surface area contributed by atoms with E-state index in [-0.39, 0.29) is 9.74 Å². The van der Waals surface area contributed by atoms with Crippen LogP contribution in [-0.2, 0) is 15.0 Å². The molecule has 0 aliphatic carbocycles. The zero-order chi connectivity index (χ0) is 17.4. The van der Waals surface area contributed by atoms with E-state index in [1.807, 2.05) is 24.3 Å². The summed E-state index contributed by atoms with van der Waals surface area (Å²) in [5.74, 6) is -1.71. The zero-order valence-electron chi connectivity index (χ0n) is 13.5. The van der Waals surface area contributed by atoms with Gasteiger partial charge in [0, 0.05) is 0 Å². The largest absolute Gasteiger partial charge is 0.548 e. The molecule has 1 aliphatic heterocycles. The van der Waals surface area contributed by atoms with E-state index >= 15 is 0 Å². The highest BCUT2D eigenvalue weighted by Crippen LogP contribution is 2.34. The van der Waals surface area contributed by atoms with Crippen LogP contribution in [0.15, 0.2) is 29.2 Å². The number of aliphatic carboxylic acids is 1. The van der Waals surface area contributed by atoms with Crippen molar-refractivity contribution in [2.24, 2.45) is 0 Å². The maximum Gasteiger partial charge on any atom is 0.266 e. The van der Waals surface area contributed by atoms with E-state index in [0.29, 0.717) is 4.91 Å². The zero-order valence-corrected chi connectivity index (χ0v) is 15.1. The summed E-state index contributed by atoms with van der Waals surface area (Å²) >= 11 is 6.22. The number of rotatable bonds is 3. The monoisotopic (exact) mass is 348 g/mol. The van der Waals surface area contributed by atoms with Crippen molar-refractivity contribution in [3.8, 4) is 0 Å². The molecule has 0 bridgehead atoms. The first-order valence-electron chi connectivity index (χ1n) is 7.19. The van der Waals surface area contributed by atoms with Crippen molar-refractivity contribution in [1.82, 2.24) is 4.90 Å². The fraction of sp³-hybridized carbons (Fsp3) is 0.353. The molecule has 0 spiro atoms. The molecule has 1 aliphatic rings. The minimum Gasteiger partial charge on any atom is -0.548 e. The van der Waals surface area contributed by atoms with Crippen molar-refractivity contribution in [1.29, 1.82) is 0 Å². The highest BCUT2D eigenvalue weighted by Gasteiger charge is 2.35. The fourth-order valence-electron chi connectivity index (χ4n) is 2.15. The molecule has 1 amide bonds. The second-order valence-electron chi connectivity index (χ2n) is 6.42. The van der Waals surface area contributed by atoms with Crippen LogP contribution in [0.1, 0.15) is 38.8 Å². The third kappa shape index (κ3) is 3.82. The topological polar surface area (TPSA) is 60.4 Å². The highest BCUT2D eigenvalue weighted by atomic mass is 32.2. The molecule has 4 nitrogen and oxygen atoms in total. The number of thioether (sulfide) groups is 1. The summed E-state index contributed by atoms with van der Waals surface area (Å²) in [4.78, 5) is 24.8. The lowest BCUT2D eigenvalue weighted by atomic mass is 9.87. The van der Waals surface area contributed by atoms with Gasteiger partial charge in [0.25, 0.3) is 5.91 Å². The summed E-state index contributed by atoms with van der Waals surface area (Å²) in [6, 6.07) is 6.86. The van der Waals surface area contributed by atoms with E-state index < -0.39 is 17.9 Å². The molecule has 0 saturated carbocycles. The van der Waals surface area contributed by atoms with Crippen LogP contribution in [0.2, 0.25) is 0 Å². The maximum absolute atomic E-state index is 12.4. The van der Waals surface area contributed by atoms with Gasteiger partial charge in [0.15, 0.2) is 0 Å². The molecule has 1 aromatic rings. The third-order valence-corrected chi connectivity index (χ3v) is 4.96. The van der Waals surface area contributed by atoms with Gasteiger partial charge in [0.1, 0.15) is 4.32 Å². The molecule has 122 valence electrons. The first-order valence-corrected chi connectivity index (χ1v) is 8.42. The molecule has 1 aromatic carbocycles. The van der Waals surface area contributed by atoms with Crippen molar-refractivity contribution in [2.45, 2.75) is 39.2 Å². The Morgan fingerprint density at radius 2 is 1.87 bits per heavy atom. The van der Waals surface area contributed by atoms with Gasteiger partial charge in [-0.1, -0.05) is 69.0 Å². The molecule has 0 unspecified atom stereocenters. The van der Waals surface area contributed by atoms with Crippen molar-refractivity contribution in [2.75, 3.05) is 0 Å². The summed E-state index contributed by atoms with van der Waals surface area (Å²) in [6.45, 7) is 7.79. The Kier molecular flexibility index (Phi) is 4.96. The summed E-state index contributed by atoms with van der Waals surface area (Å²) in [6.07, 6.45) is 1.73. The second-order valence-corrected chi connectivity index (χ2v) is 8.09. The predicted molar refractivity (Wildman–Crippen MR) is 94.6 cm³/mol. The van der Waals surface area contributed by atoms with E-state index in [2.05, 4.69) is 20.8 Å². The van der Waals surface area contributed by atoms with Gasteiger partial charge >= 0.3 is 0 Å². The van der Waals surface area contributed by atoms with E-state index in [4.69, 9.17) is 12.2 Å². The number of carboxylic acids is 1. The van der Waals surface area contributed by atoms with Crippen LogP contribution in [0.3, 0.4) is 0 Å². The summed E-state index contributed by atoms with van der Waals surface area (Å²) in [7, 11) is 0. The Bertz CT molecular complexity index is 687. The Morgan fingerprint density at radius 3 is 2.35 bits per heavy atom. The van der Waals surface area contributed by atoms with Crippen molar-refractivity contribution in [3.63, 3.8) is 0 Å². The van der Waals surface area contributed by atoms with Crippen LogP contribution in [0, 0.1) is 0 Å². The molecular weight excluding hydrogens is 330 g/mol. The van der Waals surface area contributed by atoms with E-state index in [9.17, 15) is 14.7 Å². The normalized spacial score (nSPS) is 18.6. The lowest BCUT2D eigenvalue weighted by Crippen LogP contribution is -2.48. The molecule has 1 saturated heterocycles. The number of benzene rings is 1. The van der Waals surface area contributed by atoms with Crippen LogP contribution in [-0.4, -0.2) is 27.1 Å². The molecule has 0 aromatic heterocycles. The minimum absolute atomic E-state index is 0.0614. The van der Waals surface area contributed by atoms with Crippen LogP contribution >= 0.6 is 24.0 Å². The van der Waals surface area contributed by atoms with Crippen molar-refractivity contribution < 1.29 is 14.7 Å². The molecule has 2 rings (SSSR count). The number of amides is 1. The molecule has 23 heavy (non-hydrogen) atoms.